The minimum atomic E-state index is -1.87. The summed E-state index contributed by atoms with van der Waals surface area (Å²) in [6.45, 7) is 11.5. The van der Waals surface area contributed by atoms with Crippen molar-refractivity contribution in [2.24, 2.45) is 0 Å². The van der Waals surface area contributed by atoms with Gasteiger partial charge in [-0.15, -0.1) is 0 Å². The second-order valence-electron chi connectivity index (χ2n) is 7.25. The first kappa shape index (κ1) is 17.8. The third-order valence-corrected chi connectivity index (χ3v) is 10.0. The van der Waals surface area contributed by atoms with Gasteiger partial charge in [-0.3, -0.25) is 0 Å². The normalized spacial score (nSPS) is 13.0. The van der Waals surface area contributed by atoms with Crippen molar-refractivity contribution in [3.8, 4) is 0 Å². The topological polar surface area (TPSA) is 9.23 Å². The number of hydrogen-bond acceptors (Lipinski definition) is 1. The molecule has 0 unspecified atom stereocenters. The van der Waals surface area contributed by atoms with Crippen molar-refractivity contribution in [3.05, 3.63) is 72.5 Å². The molecule has 0 N–H and O–H groups in total. The first-order valence-electron chi connectivity index (χ1n) is 8.28. The molecule has 0 atom stereocenters. The molecule has 0 saturated carbocycles. The van der Waals surface area contributed by atoms with Crippen LogP contribution in [0, 0.1) is 0 Å². The van der Waals surface area contributed by atoms with Crippen molar-refractivity contribution < 1.29 is 4.43 Å². The average Bonchev–Trinajstić information content (AvgIpc) is 2.54. The third kappa shape index (κ3) is 4.94. The van der Waals surface area contributed by atoms with Crippen molar-refractivity contribution in [2.75, 3.05) is 0 Å². The predicted molar refractivity (Wildman–Crippen MR) is 107 cm³/mol. The quantitative estimate of drug-likeness (QED) is 0.550. The molecule has 0 aliphatic heterocycles. The van der Waals surface area contributed by atoms with Gasteiger partial charge < -0.3 is 4.43 Å². The van der Waals surface area contributed by atoms with Gasteiger partial charge in [0.15, 0.2) is 0 Å². The SMILES string of the molecule is C/C(=C\C[Si](C)(C)c1ccccc1)O[Si](C)(C)c1ccccc1. The maximum absolute atomic E-state index is 6.38. The van der Waals surface area contributed by atoms with E-state index in [2.05, 4.69) is 99.9 Å². The van der Waals surface area contributed by atoms with Crippen LogP contribution in [0.1, 0.15) is 6.92 Å². The van der Waals surface area contributed by atoms with Crippen LogP contribution in [-0.2, 0) is 4.43 Å². The van der Waals surface area contributed by atoms with E-state index in [4.69, 9.17) is 4.43 Å². The lowest BCUT2D eigenvalue weighted by atomic mass is 10.4. The van der Waals surface area contributed by atoms with Crippen LogP contribution in [0.4, 0.5) is 0 Å². The Morgan fingerprint density at radius 1 is 0.826 bits per heavy atom. The maximum Gasteiger partial charge on any atom is 0.276 e. The average molecular weight is 341 g/mol. The van der Waals surface area contributed by atoms with E-state index in [1.165, 1.54) is 10.4 Å². The van der Waals surface area contributed by atoms with Gasteiger partial charge >= 0.3 is 0 Å². The second kappa shape index (κ2) is 7.32. The lowest BCUT2D eigenvalue weighted by molar-refractivity contribution is 0.428. The molecule has 122 valence electrons. The monoisotopic (exact) mass is 340 g/mol. The number of hydrogen-bond donors (Lipinski definition) is 0. The molecule has 0 fully saturated rings. The summed E-state index contributed by atoms with van der Waals surface area (Å²) in [6.07, 6.45) is 2.30. The molecule has 3 heteroatoms. The van der Waals surface area contributed by atoms with Gasteiger partial charge in [0.1, 0.15) is 0 Å². The Bertz CT molecular complexity index is 646. The summed E-state index contributed by atoms with van der Waals surface area (Å²) in [6, 6.07) is 22.6. The van der Waals surface area contributed by atoms with E-state index in [9.17, 15) is 0 Å². The van der Waals surface area contributed by atoms with Gasteiger partial charge in [0.05, 0.1) is 13.8 Å². The van der Waals surface area contributed by atoms with Crippen molar-refractivity contribution in [3.63, 3.8) is 0 Å². The van der Waals surface area contributed by atoms with Crippen LogP contribution in [0.3, 0.4) is 0 Å². The highest BCUT2D eigenvalue weighted by Gasteiger charge is 2.27. The summed E-state index contributed by atoms with van der Waals surface area (Å²) in [4.78, 5) is 0. The zero-order valence-corrected chi connectivity index (χ0v) is 17.0. The highest BCUT2D eigenvalue weighted by atomic mass is 28.4. The predicted octanol–water partition coefficient (Wildman–Crippen LogP) is 4.63. The van der Waals surface area contributed by atoms with Gasteiger partial charge in [-0.2, -0.15) is 0 Å². The smallest absolute Gasteiger partial charge is 0.276 e. The summed E-state index contributed by atoms with van der Waals surface area (Å²) < 4.78 is 6.38. The van der Waals surface area contributed by atoms with Crippen LogP contribution >= 0.6 is 0 Å². The standard InChI is InChI=1S/C20H28OSi2/c1-18(21-23(4,5)20-14-10-7-11-15-20)16-17-22(2,3)19-12-8-6-9-13-19/h6-16H,17H2,1-5H3/b18-16+. The number of benzene rings is 2. The minimum Gasteiger partial charge on any atom is -0.543 e. The first-order valence-corrected chi connectivity index (χ1v) is 14.4. The van der Waals surface area contributed by atoms with E-state index in [0.29, 0.717) is 0 Å². The van der Waals surface area contributed by atoms with E-state index in [1.807, 2.05) is 0 Å². The lowest BCUT2D eigenvalue weighted by Gasteiger charge is -2.26. The molecule has 2 rings (SSSR count). The van der Waals surface area contributed by atoms with E-state index >= 15 is 0 Å². The molecule has 0 aromatic heterocycles. The molecule has 0 heterocycles. The molecular formula is C20H28OSi2. The van der Waals surface area contributed by atoms with Crippen LogP contribution in [0.5, 0.6) is 0 Å². The van der Waals surface area contributed by atoms with Crippen LogP contribution in [0.25, 0.3) is 0 Å². The van der Waals surface area contributed by atoms with Crippen LogP contribution in [0.2, 0.25) is 32.2 Å². The van der Waals surface area contributed by atoms with Crippen molar-refractivity contribution >= 4 is 26.8 Å². The Kier molecular flexibility index (Phi) is 5.66. The van der Waals surface area contributed by atoms with E-state index < -0.39 is 16.4 Å². The largest absolute Gasteiger partial charge is 0.543 e. The van der Waals surface area contributed by atoms with E-state index in [1.54, 1.807) is 0 Å². The number of rotatable bonds is 6. The lowest BCUT2D eigenvalue weighted by Crippen LogP contribution is -2.44. The molecule has 0 spiro atoms. The third-order valence-electron chi connectivity index (χ3n) is 4.34. The molecule has 0 radical (unpaired) electrons. The Morgan fingerprint density at radius 2 is 1.30 bits per heavy atom. The molecule has 1 nitrogen and oxygen atoms in total. The second-order valence-corrected chi connectivity index (χ2v) is 15.8. The molecule has 0 amide bonds. The van der Waals surface area contributed by atoms with Crippen molar-refractivity contribution in [1.82, 2.24) is 0 Å². The van der Waals surface area contributed by atoms with Crippen LogP contribution in [-0.4, -0.2) is 16.4 Å². The maximum atomic E-state index is 6.38. The Balaban J connectivity index is 2.06. The highest BCUT2D eigenvalue weighted by molar-refractivity contribution is 6.90. The molecule has 23 heavy (non-hydrogen) atoms. The van der Waals surface area contributed by atoms with Gasteiger partial charge in [0.25, 0.3) is 8.32 Å². The van der Waals surface area contributed by atoms with Crippen LogP contribution < -0.4 is 10.4 Å². The first-order chi connectivity index (χ1) is 10.8. The summed E-state index contributed by atoms with van der Waals surface area (Å²) in [7, 11) is -3.31. The molecule has 0 bridgehead atoms. The number of allylic oxidation sites excluding steroid dienone is 2. The highest BCUT2D eigenvalue weighted by Crippen LogP contribution is 2.16. The summed E-state index contributed by atoms with van der Waals surface area (Å²) in [5.41, 5.74) is 0. The molecule has 2 aromatic carbocycles. The van der Waals surface area contributed by atoms with Gasteiger partial charge in [-0.05, 0) is 31.2 Å². The van der Waals surface area contributed by atoms with Gasteiger partial charge in [-0.25, -0.2) is 0 Å². The van der Waals surface area contributed by atoms with Gasteiger partial charge in [-0.1, -0.05) is 85.0 Å². The Labute approximate surface area is 143 Å². The van der Waals surface area contributed by atoms with Crippen molar-refractivity contribution in [2.45, 2.75) is 39.2 Å². The minimum absolute atomic E-state index is 1.07. The molecule has 2 aromatic rings. The summed E-state index contributed by atoms with van der Waals surface area (Å²) >= 11 is 0. The molecule has 0 saturated heterocycles. The molecular weight excluding hydrogens is 312 g/mol. The molecule has 0 aliphatic carbocycles. The van der Waals surface area contributed by atoms with Crippen LogP contribution in [0.15, 0.2) is 72.5 Å². The summed E-state index contributed by atoms with van der Waals surface area (Å²) in [5.74, 6) is 1.07. The fourth-order valence-electron chi connectivity index (χ4n) is 2.75. The molecule has 0 aliphatic rings. The van der Waals surface area contributed by atoms with Crippen molar-refractivity contribution in [1.29, 1.82) is 0 Å². The zero-order valence-electron chi connectivity index (χ0n) is 15.0. The fraction of sp³-hybridized carbons (Fsp3) is 0.300. The van der Waals surface area contributed by atoms with E-state index in [0.717, 1.165) is 11.8 Å². The zero-order chi connectivity index (χ0) is 16.9. The Hall–Kier alpha value is -1.59. The summed E-state index contributed by atoms with van der Waals surface area (Å²) in [5, 5.41) is 2.84. The van der Waals surface area contributed by atoms with Gasteiger partial charge in [0, 0.05) is 0 Å². The fourth-order valence-corrected chi connectivity index (χ4v) is 6.88. The van der Waals surface area contributed by atoms with E-state index in [-0.39, 0.29) is 0 Å². The Morgan fingerprint density at radius 3 is 1.83 bits per heavy atom. The van der Waals surface area contributed by atoms with Gasteiger partial charge in [0.2, 0.25) is 0 Å².